The van der Waals surface area contributed by atoms with Crippen molar-refractivity contribution in [3.8, 4) is 0 Å². The van der Waals surface area contributed by atoms with Crippen LogP contribution in [0, 0.1) is 0 Å². The summed E-state index contributed by atoms with van der Waals surface area (Å²) < 4.78 is 0. The predicted octanol–water partition coefficient (Wildman–Crippen LogP) is 12.7. The Morgan fingerprint density at radius 3 is 1.19 bits per heavy atom. The summed E-state index contributed by atoms with van der Waals surface area (Å²) in [5, 5.41) is 8.92. The van der Waals surface area contributed by atoms with Crippen LogP contribution in [-0.4, -0.2) is 11.7 Å². The van der Waals surface area contributed by atoms with Crippen molar-refractivity contribution < 1.29 is 5.11 Å². The minimum absolute atomic E-state index is 0.271. The number of hydrogen-bond acceptors (Lipinski definition) is 1. The topological polar surface area (TPSA) is 20.2 Å². The predicted molar refractivity (Wildman–Crippen MR) is 196 cm³/mol. The Hall–Kier alpha value is -3.42. The quantitative estimate of drug-likeness (QED) is 0.119. The molecule has 0 heterocycles. The van der Waals surface area contributed by atoms with E-state index in [9.17, 15) is 0 Å². The standard InChI is InChI=1S/C42H60O/c1-35(2)19-12-22-38(5)25-15-28-39(6)26-13-23-36(3)20-10-11-21-37(4)24-14-27-40(7)29-16-30-41(8)31-17-32-42(9)33-18-34-43/h10-11,13-16,19-21,23-30,32,43H,12,17-18,22,31,33-34H2,1-9H3/b11-10+,23-13+,24-14+,28-15+,29-16+,36-20+,37-21+,38-25+,39-26+,40-27+,41-30+,42-32+. The fourth-order valence-corrected chi connectivity index (χ4v) is 3.83. The second-order valence-corrected chi connectivity index (χ2v) is 11.7. The summed E-state index contributed by atoms with van der Waals surface area (Å²) >= 11 is 0. The first kappa shape index (κ1) is 39.6. The van der Waals surface area contributed by atoms with E-state index in [-0.39, 0.29) is 6.61 Å². The van der Waals surface area contributed by atoms with Crippen LogP contribution in [0.25, 0.3) is 0 Å². The van der Waals surface area contributed by atoms with E-state index < -0.39 is 0 Å². The molecule has 0 amide bonds. The summed E-state index contributed by atoms with van der Waals surface area (Å²) in [6.07, 6.45) is 44.9. The average Bonchev–Trinajstić information content (AvgIpc) is 2.94. The molecule has 234 valence electrons. The molecule has 0 unspecified atom stereocenters. The minimum Gasteiger partial charge on any atom is -0.396 e. The molecule has 0 saturated heterocycles. The van der Waals surface area contributed by atoms with Crippen molar-refractivity contribution in [2.75, 3.05) is 6.61 Å². The molecule has 43 heavy (non-hydrogen) atoms. The molecule has 0 aromatic rings. The van der Waals surface area contributed by atoms with Crippen molar-refractivity contribution in [2.45, 2.75) is 101 Å². The highest BCUT2D eigenvalue weighted by molar-refractivity contribution is 5.32. The molecule has 1 nitrogen and oxygen atoms in total. The van der Waals surface area contributed by atoms with E-state index in [2.05, 4.69) is 172 Å². The van der Waals surface area contributed by atoms with Crippen LogP contribution in [0.1, 0.15) is 101 Å². The lowest BCUT2D eigenvalue weighted by molar-refractivity contribution is 0.288. The Balaban J connectivity index is 4.69. The van der Waals surface area contributed by atoms with Crippen LogP contribution in [0.4, 0.5) is 0 Å². The van der Waals surface area contributed by atoms with Gasteiger partial charge in [-0.25, -0.2) is 0 Å². The van der Waals surface area contributed by atoms with Gasteiger partial charge in [0.1, 0.15) is 0 Å². The summed E-state index contributed by atoms with van der Waals surface area (Å²) in [6.45, 7) is 19.6. The van der Waals surface area contributed by atoms with Gasteiger partial charge in [0.25, 0.3) is 0 Å². The third-order valence-electron chi connectivity index (χ3n) is 6.60. The van der Waals surface area contributed by atoms with Gasteiger partial charge in [-0.1, -0.05) is 154 Å². The van der Waals surface area contributed by atoms with Crippen molar-refractivity contribution in [3.63, 3.8) is 0 Å². The first-order valence-electron chi connectivity index (χ1n) is 15.8. The second-order valence-electron chi connectivity index (χ2n) is 11.7. The van der Waals surface area contributed by atoms with Crippen molar-refractivity contribution in [1.82, 2.24) is 0 Å². The van der Waals surface area contributed by atoms with Crippen LogP contribution >= 0.6 is 0 Å². The Kier molecular flexibility index (Phi) is 24.1. The second kappa shape index (κ2) is 26.2. The summed E-state index contributed by atoms with van der Waals surface area (Å²) in [4.78, 5) is 0. The van der Waals surface area contributed by atoms with Crippen LogP contribution < -0.4 is 0 Å². The molecule has 0 aromatic heterocycles. The molecule has 1 heteroatoms. The molecule has 0 fully saturated rings. The fourth-order valence-electron chi connectivity index (χ4n) is 3.83. The summed E-state index contributed by atoms with van der Waals surface area (Å²) in [5.41, 5.74) is 10.4. The van der Waals surface area contributed by atoms with E-state index in [1.807, 2.05) is 0 Å². The first-order valence-corrected chi connectivity index (χ1v) is 15.8. The molecule has 0 aliphatic heterocycles. The Morgan fingerprint density at radius 1 is 0.419 bits per heavy atom. The normalized spacial score (nSPS) is 15.4. The highest BCUT2D eigenvalue weighted by Crippen LogP contribution is 2.11. The maximum Gasteiger partial charge on any atom is 0.0434 e. The maximum atomic E-state index is 8.92. The van der Waals surface area contributed by atoms with E-state index in [4.69, 9.17) is 5.11 Å². The van der Waals surface area contributed by atoms with Crippen molar-refractivity contribution in [2.24, 2.45) is 0 Å². The van der Waals surface area contributed by atoms with Gasteiger partial charge in [0.2, 0.25) is 0 Å². The van der Waals surface area contributed by atoms with Gasteiger partial charge in [-0.15, -0.1) is 0 Å². The van der Waals surface area contributed by atoms with E-state index in [0.717, 1.165) is 38.5 Å². The van der Waals surface area contributed by atoms with Crippen LogP contribution in [0.5, 0.6) is 0 Å². The van der Waals surface area contributed by atoms with E-state index in [1.165, 1.54) is 44.6 Å². The summed E-state index contributed by atoms with van der Waals surface area (Å²) in [5.74, 6) is 0. The molecule has 0 bridgehead atoms. The molecular formula is C42H60O. The Bertz CT molecular complexity index is 1200. The largest absolute Gasteiger partial charge is 0.396 e. The van der Waals surface area contributed by atoms with Crippen molar-refractivity contribution in [3.05, 3.63) is 154 Å². The van der Waals surface area contributed by atoms with Gasteiger partial charge in [0.15, 0.2) is 0 Å². The number of hydrogen-bond donors (Lipinski definition) is 1. The molecule has 0 aromatic carbocycles. The summed E-state index contributed by atoms with van der Waals surface area (Å²) in [7, 11) is 0. The lowest BCUT2D eigenvalue weighted by atomic mass is 10.1. The van der Waals surface area contributed by atoms with Gasteiger partial charge in [-0.05, 0) is 101 Å². The van der Waals surface area contributed by atoms with Crippen molar-refractivity contribution >= 4 is 0 Å². The zero-order valence-corrected chi connectivity index (χ0v) is 28.8. The van der Waals surface area contributed by atoms with Gasteiger partial charge < -0.3 is 5.11 Å². The first-order chi connectivity index (χ1) is 20.5. The number of aliphatic hydroxyl groups is 1. The van der Waals surface area contributed by atoms with Crippen LogP contribution in [-0.2, 0) is 0 Å². The Labute approximate surface area is 266 Å². The lowest BCUT2D eigenvalue weighted by Gasteiger charge is -2.00. The van der Waals surface area contributed by atoms with Gasteiger partial charge in [0, 0.05) is 6.61 Å². The summed E-state index contributed by atoms with van der Waals surface area (Å²) in [6, 6.07) is 0. The molecule has 0 radical (unpaired) electrons. The highest BCUT2D eigenvalue weighted by atomic mass is 16.2. The maximum absolute atomic E-state index is 8.92. The van der Waals surface area contributed by atoms with Gasteiger partial charge >= 0.3 is 0 Å². The number of aliphatic hydroxyl groups excluding tert-OH is 1. The monoisotopic (exact) mass is 580 g/mol. The number of allylic oxidation sites excluding steroid dienone is 26. The van der Waals surface area contributed by atoms with Crippen LogP contribution in [0.3, 0.4) is 0 Å². The minimum atomic E-state index is 0.271. The molecular weight excluding hydrogens is 520 g/mol. The number of rotatable bonds is 19. The molecule has 0 atom stereocenters. The van der Waals surface area contributed by atoms with Crippen LogP contribution in [0.15, 0.2) is 154 Å². The molecule has 0 aliphatic rings. The molecule has 0 rings (SSSR count). The van der Waals surface area contributed by atoms with Crippen molar-refractivity contribution in [1.29, 1.82) is 0 Å². The SMILES string of the molecule is CC(C)=CCC/C(C)=C/C=C/C(C)=C/C=C/C(C)=C/C=C/C=C(C)/C=C/C=C(C)/C=C/C=C(\C)CC/C=C(\C)CCCO. The van der Waals surface area contributed by atoms with Gasteiger partial charge in [0.05, 0.1) is 0 Å². The molecule has 0 aliphatic carbocycles. The van der Waals surface area contributed by atoms with E-state index >= 15 is 0 Å². The smallest absolute Gasteiger partial charge is 0.0434 e. The highest BCUT2D eigenvalue weighted by Gasteiger charge is 1.92. The molecule has 1 N–H and O–H groups in total. The van der Waals surface area contributed by atoms with E-state index in [0.29, 0.717) is 0 Å². The fraction of sp³-hybridized carbons (Fsp3) is 0.381. The van der Waals surface area contributed by atoms with E-state index in [1.54, 1.807) is 0 Å². The third kappa shape index (κ3) is 27.2. The third-order valence-corrected chi connectivity index (χ3v) is 6.60. The zero-order valence-electron chi connectivity index (χ0n) is 28.8. The Morgan fingerprint density at radius 2 is 0.791 bits per heavy atom. The van der Waals surface area contributed by atoms with Gasteiger partial charge in [-0.3, -0.25) is 0 Å². The molecule has 0 spiro atoms. The lowest BCUT2D eigenvalue weighted by Crippen LogP contribution is -1.84. The van der Waals surface area contributed by atoms with Gasteiger partial charge in [-0.2, -0.15) is 0 Å². The van der Waals surface area contributed by atoms with Crippen LogP contribution in [0.2, 0.25) is 0 Å². The zero-order chi connectivity index (χ0) is 32.3. The molecule has 0 saturated carbocycles. The average molecular weight is 581 g/mol.